The third-order valence-corrected chi connectivity index (χ3v) is 8.55. The minimum Gasteiger partial charge on any atom is -0.354 e. The molecule has 0 bridgehead atoms. The van der Waals surface area contributed by atoms with Crippen LogP contribution in [0.15, 0.2) is 89.8 Å². The van der Waals surface area contributed by atoms with Crippen LogP contribution >= 0.6 is 0 Å². The zero-order chi connectivity index (χ0) is 29.0. The molecule has 1 atom stereocenters. The highest BCUT2D eigenvalue weighted by Crippen LogP contribution is 2.18. The molecule has 3 aromatic rings. The summed E-state index contributed by atoms with van der Waals surface area (Å²) in [5.74, 6) is -0.916. The lowest BCUT2D eigenvalue weighted by atomic mass is 10.0. The van der Waals surface area contributed by atoms with Crippen LogP contribution in [0, 0.1) is 5.82 Å². The van der Waals surface area contributed by atoms with Crippen LogP contribution in [0.1, 0.15) is 43.7 Å². The fourth-order valence-corrected chi connectivity index (χ4v) is 5.57. The van der Waals surface area contributed by atoms with Crippen molar-refractivity contribution in [2.45, 2.75) is 56.5 Å². The Morgan fingerprint density at radius 1 is 0.875 bits per heavy atom. The van der Waals surface area contributed by atoms with E-state index in [0.717, 1.165) is 18.4 Å². The molecule has 1 N–H and O–H groups in total. The van der Waals surface area contributed by atoms with E-state index in [9.17, 15) is 22.4 Å². The second-order valence-electron chi connectivity index (χ2n) is 9.74. The highest BCUT2D eigenvalue weighted by molar-refractivity contribution is 7.89. The summed E-state index contributed by atoms with van der Waals surface area (Å²) in [6.45, 7) is 2.80. The van der Waals surface area contributed by atoms with Crippen LogP contribution in [0.3, 0.4) is 0 Å². The Morgan fingerprint density at radius 3 is 2.12 bits per heavy atom. The van der Waals surface area contributed by atoms with Crippen molar-refractivity contribution in [3.05, 3.63) is 102 Å². The van der Waals surface area contributed by atoms with Gasteiger partial charge in [0.1, 0.15) is 11.9 Å². The Kier molecular flexibility index (Phi) is 11.8. The lowest BCUT2D eigenvalue weighted by Crippen LogP contribution is -2.50. The minimum atomic E-state index is -3.68. The molecule has 0 heterocycles. The number of amides is 2. The molecule has 40 heavy (non-hydrogen) atoms. The van der Waals surface area contributed by atoms with Gasteiger partial charge in [-0.15, -0.1) is 0 Å². The first-order chi connectivity index (χ1) is 19.2. The van der Waals surface area contributed by atoms with Crippen molar-refractivity contribution in [1.82, 2.24) is 14.5 Å². The number of hydrogen-bond donors (Lipinski definition) is 1. The summed E-state index contributed by atoms with van der Waals surface area (Å²) >= 11 is 0. The summed E-state index contributed by atoms with van der Waals surface area (Å²) in [4.78, 5) is 28.8. The highest BCUT2D eigenvalue weighted by Gasteiger charge is 2.30. The molecule has 3 aromatic carbocycles. The van der Waals surface area contributed by atoms with E-state index in [-0.39, 0.29) is 48.5 Å². The fourth-order valence-electron chi connectivity index (χ4n) is 4.34. The molecule has 1 unspecified atom stereocenters. The number of hydrogen-bond acceptors (Lipinski definition) is 4. The van der Waals surface area contributed by atoms with Crippen molar-refractivity contribution in [1.29, 1.82) is 0 Å². The Balaban J connectivity index is 1.80. The molecule has 0 aromatic heterocycles. The van der Waals surface area contributed by atoms with Gasteiger partial charge in [0.25, 0.3) is 0 Å². The standard InChI is InChI=1S/C31H38FN3O4S/c1-3-4-21-33-31(37)29(23-25-12-7-5-8-13-25)35(24-26-17-19-27(32)20-18-26)30(36)16-11-22-34(2)40(38,39)28-14-9-6-10-15-28/h5-10,12-15,17-20,29H,3-4,11,16,21-24H2,1-2H3,(H,33,37). The fraction of sp³-hybridized carbons (Fsp3) is 0.355. The third kappa shape index (κ3) is 8.99. The van der Waals surface area contributed by atoms with Gasteiger partial charge in [0.2, 0.25) is 21.8 Å². The van der Waals surface area contributed by atoms with Gasteiger partial charge in [0, 0.05) is 39.5 Å². The molecule has 2 amide bonds. The molecule has 0 aliphatic carbocycles. The van der Waals surface area contributed by atoms with E-state index in [1.807, 2.05) is 37.3 Å². The molecule has 9 heteroatoms. The van der Waals surface area contributed by atoms with Gasteiger partial charge in [-0.25, -0.2) is 17.1 Å². The molecule has 0 saturated carbocycles. The van der Waals surface area contributed by atoms with Crippen molar-refractivity contribution >= 4 is 21.8 Å². The van der Waals surface area contributed by atoms with Crippen molar-refractivity contribution in [3.8, 4) is 0 Å². The molecule has 7 nitrogen and oxygen atoms in total. The van der Waals surface area contributed by atoms with Gasteiger partial charge in [-0.05, 0) is 48.2 Å². The Hall–Kier alpha value is -3.56. The van der Waals surface area contributed by atoms with Crippen LogP contribution in [0.4, 0.5) is 4.39 Å². The van der Waals surface area contributed by atoms with Gasteiger partial charge in [-0.2, -0.15) is 0 Å². The summed E-state index contributed by atoms with van der Waals surface area (Å²) in [5.41, 5.74) is 1.60. The summed E-state index contributed by atoms with van der Waals surface area (Å²) < 4.78 is 40.6. The summed E-state index contributed by atoms with van der Waals surface area (Å²) in [6.07, 6.45) is 2.37. The van der Waals surface area contributed by atoms with Crippen LogP contribution in [0.5, 0.6) is 0 Å². The average Bonchev–Trinajstić information content (AvgIpc) is 2.96. The monoisotopic (exact) mass is 567 g/mol. The Morgan fingerprint density at radius 2 is 1.50 bits per heavy atom. The largest absolute Gasteiger partial charge is 0.354 e. The molecule has 0 saturated heterocycles. The number of carbonyl (C=O) groups excluding carboxylic acids is 2. The van der Waals surface area contributed by atoms with Crippen molar-refractivity contribution in [2.24, 2.45) is 0 Å². The summed E-state index contributed by atoms with van der Waals surface area (Å²) in [7, 11) is -2.20. The quantitative estimate of drug-likeness (QED) is 0.268. The van der Waals surface area contributed by atoms with Gasteiger partial charge in [-0.3, -0.25) is 9.59 Å². The van der Waals surface area contributed by atoms with Crippen LogP contribution in [-0.2, 0) is 32.6 Å². The van der Waals surface area contributed by atoms with Crippen LogP contribution < -0.4 is 5.32 Å². The van der Waals surface area contributed by atoms with Crippen LogP contribution in [-0.4, -0.2) is 55.6 Å². The number of rotatable bonds is 15. The number of sulfonamides is 1. The summed E-state index contributed by atoms with van der Waals surface area (Å²) in [5, 5.41) is 2.97. The number of halogens is 1. The Labute approximate surface area is 237 Å². The second kappa shape index (κ2) is 15.3. The van der Waals surface area contributed by atoms with Crippen LogP contribution in [0.25, 0.3) is 0 Å². The number of unbranched alkanes of at least 4 members (excludes halogenated alkanes) is 1. The number of nitrogens with zero attached hydrogens (tertiary/aromatic N) is 2. The molecule has 214 valence electrons. The maximum atomic E-state index is 13.7. The van der Waals surface area contributed by atoms with E-state index in [2.05, 4.69) is 5.32 Å². The predicted molar refractivity (Wildman–Crippen MR) is 154 cm³/mol. The lowest BCUT2D eigenvalue weighted by Gasteiger charge is -2.32. The molecule has 0 aliphatic heterocycles. The molecule has 0 spiro atoms. The molecule has 0 radical (unpaired) electrons. The first-order valence-corrected chi connectivity index (χ1v) is 15.0. The zero-order valence-corrected chi connectivity index (χ0v) is 23.9. The van der Waals surface area contributed by atoms with Gasteiger partial charge in [-0.1, -0.05) is 74.0 Å². The predicted octanol–water partition coefficient (Wildman–Crippen LogP) is 4.78. The molecule has 3 rings (SSSR count). The van der Waals surface area contributed by atoms with Gasteiger partial charge >= 0.3 is 0 Å². The topological polar surface area (TPSA) is 86.8 Å². The Bertz CT molecular complexity index is 1320. The second-order valence-corrected chi connectivity index (χ2v) is 11.8. The lowest BCUT2D eigenvalue weighted by molar-refractivity contribution is -0.141. The van der Waals surface area contributed by atoms with Crippen molar-refractivity contribution < 1.29 is 22.4 Å². The van der Waals surface area contributed by atoms with E-state index in [4.69, 9.17) is 0 Å². The minimum absolute atomic E-state index is 0.0450. The van der Waals surface area contributed by atoms with Crippen molar-refractivity contribution in [2.75, 3.05) is 20.1 Å². The molecular weight excluding hydrogens is 529 g/mol. The summed E-state index contributed by atoms with van der Waals surface area (Å²) in [6, 6.07) is 22.7. The average molecular weight is 568 g/mol. The SMILES string of the molecule is CCCCNC(=O)C(Cc1ccccc1)N(Cc1ccc(F)cc1)C(=O)CCCN(C)S(=O)(=O)c1ccccc1. The van der Waals surface area contributed by atoms with Gasteiger partial charge in [0.15, 0.2) is 0 Å². The van der Waals surface area contributed by atoms with E-state index >= 15 is 0 Å². The van der Waals surface area contributed by atoms with Crippen molar-refractivity contribution in [3.63, 3.8) is 0 Å². The number of benzene rings is 3. The van der Waals surface area contributed by atoms with E-state index in [0.29, 0.717) is 18.5 Å². The maximum Gasteiger partial charge on any atom is 0.243 e. The maximum absolute atomic E-state index is 13.7. The van der Waals surface area contributed by atoms with Crippen LogP contribution in [0.2, 0.25) is 0 Å². The molecule has 0 fully saturated rings. The van der Waals surface area contributed by atoms with E-state index in [1.54, 1.807) is 30.3 Å². The first-order valence-electron chi connectivity index (χ1n) is 13.6. The molecular formula is C31H38FN3O4S. The molecule has 0 aliphatic rings. The van der Waals surface area contributed by atoms with Gasteiger partial charge < -0.3 is 10.2 Å². The third-order valence-electron chi connectivity index (χ3n) is 6.68. The normalized spacial score (nSPS) is 12.2. The number of nitrogens with one attached hydrogen (secondary N) is 1. The smallest absolute Gasteiger partial charge is 0.243 e. The van der Waals surface area contributed by atoms with E-state index in [1.165, 1.54) is 40.5 Å². The number of carbonyl (C=O) groups is 2. The van der Waals surface area contributed by atoms with E-state index < -0.39 is 16.1 Å². The van der Waals surface area contributed by atoms with Gasteiger partial charge in [0.05, 0.1) is 4.90 Å². The zero-order valence-electron chi connectivity index (χ0n) is 23.1. The first kappa shape index (κ1) is 31.0. The highest BCUT2D eigenvalue weighted by atomic mass is 32.2.